The van der Waals surface area contributed by atoms with Crippen LogP contribution in [0, 0.1) is 0 Å². The summed E-state index contributed by atoms with van der Waals surface area (Å²) in [5.74, 6) is 0. The first kappa shape index (κ1) is 36.8. The number of rotatable bonds is 12. The van der Waals surface area contributed by atoms with E-state index in [1.807, 2.05) is 22.9 Å². The molecule has 4 aromatic carbocycles. The first-order valence-electron chi connectivity index (χ1n) is 17.7. The van der Waals surface area contributed by atoms with Gasteiger partial charge in [0.15, 0.2) is 0 Å². The van der Waals surface area contributed by atoms with E-state index in [0.29, 0.717) is 37.8 Å². The highest BCUT2D eigenvalue weighted by Gasteiger charge is 2.30. The van der Waals surface area contributed by atoms with Crippen molar-refractivity contribution in [3.63, 3.8) is 0 Å². The summed E-state index contributed by atoms with van der Waals surface area (Å²) < 4.78 is 37.4. The van der Waals surface area contributed by atoms with E-state index in [1.54, 1.807) is 35.0 Å². The Morgan fingerprint density at radius 1 is 0.630 bits per heavy atom. The number of nitrogens with zero attached hydrogens (tertiary/aromatic N) is 4. The van der Waals surface area contributed by atoms with Gasteiger partial charge in [-0.05, 0) is 97.5 Å². The molecule has 2 aliphatic carbocycles. The number of halogens is 4. The van der Waals surface area contributed by atoms with Gasteiger partial charge in [0, 0.05) is 45.1 Å². The van der Waals surface area contributed by atoms with Gasteiger partial charge in [-0.25, -0.2) is 9.36 Å². The van der Waals surface area contributed by atoms with E-state index in [9.17, 15) is 13.0 Å². The van der Waals surface area contributed by atoms with Gasteiger partial charge in [-0.1, -0.05) is 102 Å². The van der Waals surface area contributed by atoms with Crippen LogP contribution in [0.5, 0.6) is 0 Å². The third-order valence-electron chi connectivity index (χ3n) is 9.99. The van der Waals surface area contributed by atoms with Crippen molar-refractivity contribution in [1.82, 2.24) is 19.6 Å². The molecule has 0 spiro atoms. The molecule has 0 radical (unpaired) electrons. The van der Waals surface area contributed by atoms with E-state index in [2.05, 4.69) is 42.5 Å². The average Bonchev–Trinajstić information content (AvgIpc) is 3.88. The number of hydrogen-bond donors (Lipinski definition) is 1. The van der Waals surface area contributed by atoms with Crippen LogP contribution in [0.1, 0.15) is 72.2 Å². The monoisotopic (exact) mass is 814 g/mol. The molecule has 0 atom stereocenters. The summed E-state index contributed by atoms with van der Waals surface area (Å²) in [6.45, 7) is 0. The average molecular weight is 817 g/mol. The number of fused-ring (bicyclic) bond motifs is 6. The maximum absolute atomic E-state index is 12.0. The first-order chi connectivity index (χ1) is 26.1. The number of hydrogen-bond acceptors (Lipinski definition) is 4. The second-order valence-electron chi connectivity index (χ2n) is 13.5. The van der Waals surface area contributed by atoms with Crippen molar-refractivity contribution >= 4 is 68.7 Å². The van der Waals surface area contributed by atoms with Gasteiger partial charge >= 0.3 is 0 Å². The second-order valence-corrected chi connectivity index (χ2v) is 16.6. The van der Waals surface area contributed by atoms with Gasteiger partial charge in [0.1, 0.15) is 0 Å². The molecule has 6 aromatic rings. The van der Waals surface area contributed by atoms with Crippen LogP contribution in [0.3, 0.4) is 0 Å². The maximum atomic E-state index is 12.0. The van der Waals surface area contributed by atoms with Crippen molar-refractivity contribution in [1.29, 1.82) is 0 Å². The number of allylic oxidation sites excluding steroid dienone is 2. The van der Waals surface area contributed by atoms with Gasteiger partial charge in [-0.3, -0.25) is 4.55 Å². The summed E-state index contributed by atoms with van der Waals surface area (Å²) in [7, 11) is -4.38. The number of benzene rings is 4. The lowest BCUT2D eigenvalue weighted by Gasteiger charge is -2.10. The highest BCUT2D eigenvalue weighted by molar-refractivity contribution is 7.85. The minimum Gasteiger partial charge on any atom is -0.282 e. The summed E-state index contributed by atoms with van der Waals surface area (Å²) >= 11 is 25.6. The molecule has 2 aromatic heterocycles. The van der Waals surface area contributed by atoms with Crippen LogP contribution in [0.2, 0.25) is 20.1 Å². The Bertz CT molecular complexity index is 2610. The molecule has 8 rings (SSSR count). The molecule has 2 aliphatic rings. The minimum absolute atomic E-state index is 0.165. The molecule has 274 valence electrons. The molecule has 7 nitrogen and oxygen atoms in total. The number of aromatic nitrogens is 4. The Kier molecular flexibility index (Phi) is 10.3. The molecule has 12 heteroatoms. The Morgan fingerprint density at radius 2 is 1.15 bits per heavy atom. The fourth-order valence-electron chi connectivity index (χ4n) is 7.40. The Morgan fingerprint density at radius 3 is 1.69 bits per heavy atom. The molecule has 1 N–H and O–H groups in total. The minimum atomic E-state index is -4.38. The van der Waals surface area contributed by atoms with E-state index in [0.717, 1.165) is 84.5 Å². The van der Waals surface area contributed by atoms with Crippen LogP contribution in [-0.4, -0.2) is 32.5 Å². The molecule has 0 fully saturated rings. The first-order valence-corrected chi connectivity index (χ1v) is 20.7. The Labute approximate surface area is 334 Å². The van der Waals surface area contributed by atoms with Crippen molar-refractivity contribution in [2.45, 2.75) is 56.3 Å². The van der Waals surface area contributed by atoms with Gasteiger partial charge in [-0.2, -0.15) is 18.6 Å². The molecular formula is C42H34Cl4N4O3S. The fraction of sp³-hybridized carbons (Fsp3) is 0.190. The van der Waals surface area contributed by atoms with E-state index >= 15 is 0 Å². The lowest BCUT2D eigenvalue weighted by molar-refractivity contribution is 0.483. The van der Waals surface area contributed by atoms with E-state index in [4.69, 9.17) is 56.6 Å². The smallest absolute Gasteiger partial charge is 0.282 e. The maximum Gasteiger partial charge on any atom is 0.294 e. The van der Waals surface area contributed by atoms with Gasteiger partial charge in [0.05, 0.1) is 49.1 Å². The van der Waals surface area contributed by atoms with Crippen LogP contribution in [0.4, 0.5) is 0 Å². The van der Waals surface area contributed by atoms with Crippen molar-refractivity contribution in [3.05, 3.63) is 145 Å². The van der Waals surface area contributed by atoms with Crippen LogP contribution >= 0.6 is 46.4 Å². The van der Waals surface area contributed by atoms with Gasteiger partial charge in [-0.15, -0.1) is 0 Å². The van der Waals surface area contributed by atoms with E-state index < -0.39 is 10.1 Å². The quantitative estimate of drug-likeness (QED) is 0.0980. The molecular weight excluding hydrogens is 782 g/mol. The Balaban J connectivity index is 0.903. The lowest BCUT2D eigenvalue weighted by atomic mass is 10.1. The molecule has 0 bridgehead atoms. The van der Waals surface area contributed by atoms with Crippen molar-refractivity contribution in [2.24, 2.45) is 0 Å². The molecule has 0 unspecified atom stereocenters. The topological polar surface area (TPSA) is 90.0 Å². The molecule has 0 aliphatic heterocycles. The molecule has 0 saturated heterocycles. The van der Waals surface area contributed by atoms with Crippen molar-refractivity contribution in [3.8, 4) is 33.9 Å². The highest BCUT2D eigenvalue weighted by atomic mass is 35.5. The zero-order valence-corrected chi connectivity index (χ0v) is 32.8. The van der Waals surface area contributed by atoms with E-state index in [1.165, 1.54) is 28.8 Å². The SMILES string of the molecule is O=S(=O)(O)c1ccc2c(c1)-c1c(c(C=CCCCCCCC=Cc3nn(-c4ccc(Cl)cc4Cl)c4c3Cc3ccccc3-4)nn1-c1ccc(Cl)cc1Cl)C2. The van der Waals surface area contributed by atoms with E-state index in [-0.39, 0.29) is 4.90 Å². The van der Waals surface area contributed by atoms with Gasteiger partial charge < -0.3 is 0 Å². The third-order valence-corrected chi connectivity index (χ3v) is 11.9. The summed E-state index contributed by atoms with van der Waals surface area (Å²) in [4.78, 5) is -0.165. The van der Waals surface area contributed by atoms with Crippen molar-refractivity contribution in [2.75, 3.05) is 0 Å². The van der Waals surface area contributed by atoms with Crippen molar-refractivity contribution < 1.29 is 13.0 Å². The van der Waals surface area contributed by atoms with Gasteiger partial charge in [0.25, 0.3) is 10.1 Å². The van der Waals surface area contributed by atoms with Crippen LogP contribution in [0.15, 0.2) is 95.9 Å². The summed E-state index contributed by atoms with van der Waals surface area (Å²) in [5, 5.41) is 12.0. The predicted octanol–water partition coefficient (Wildman–Crippen LogP) is 12.1. The summed E-state index contributed by atoms with van der Waals surface area (Å²) in [6, 6.07) is 23.8. The largest absolute Gasteiger partial charge is 0.294 e. The standard InChI is InChI=1S/C42H34Cl4N4O3S/c43-28-16-19-39(35(45)23-28)49-41-31-12-10-9-11-26(31)21-33(41)37(47-49)13-7-5-3-1-2-4-6-8-14-38-34-22-27-15-18-30(54(51,52)53)25-32(27)42(34)50(48-38)40-20-17-29(44)24-36(40)46/h7-20,23-25H,1-6,21-22H2,(H,51,52,53). The Hall–Kier alpha value is -4.15. The summed E-state index contributed by atoms with van der Waals surface area (Å²) in [5.41, 5.74) is 11.3. The normalized spacial score (nSPS) is 13.2. The second kappa shape index (κ2) is 15.2. The highest BCUT2D eigenvalue weighted by Crippen LogP contribution is 2.43. The fourth-order valence-corrected chi connectivity index (χ4v) is 8.89. The zero-order valence-electron chi connectivity index (χ0n) is 28.9. The predicted molar refractivity (Wildman–Crippen MR) is 219 cm³/mol. The van der Waals surface area contributed by atoms with Crippen LogP contribution < -0.4 is 0 Å². The van der Waals surface area contributed by atoms with Gasteiger partial charge in [0.2, 0.25) is 0 Å². The summed E-state index contributed by atoms with van der Waals surface area (Å²) in [6.07, 6.45) is 16.2. The molecule has 2 heterocycles. The number of unbranched alkanes of at least 4 members (excludes halogenated alkanes) is 5. The molecule has 54 heavy (non-hydrogen) atoms. The van der Waals surface area contributed by atoms with Crippen LogP contribution in [0.25, 0.3) is 46.0 Å². The third kappa shape index (κ3) is 7.19. The molecule has 0 saturated carbocycles. The molecule has 0 amide bonds. The lowest BCUT2D eigenvalue weighted by Crippen LogP contribution is -2.02. The zero-order chi connectivity index (χ0) is 37.6. The van der Waals surface area contributed by atoms with Crippen LogP contribution in [-0.2, 0) is 23.0 Å².